The zero-order valence-corrected chi connectivity index (χ0v) is 21.5. The van der Waals surface area contributed by atoms with E-state index < -0.39 is 11.8 Å². The highest BCUT2D eigenvalue weighted by Crippen LogP contribution is 2.21. The number of unbranched alkanes of at least 4 members (excludes halogenated alkanes) is 7. The van der Waals surface area contributed by atoms with Crippen LogP contribution in [0.2, 0.25) is 0 Å². The van der Waals surface area contributed by atoms with E-state index in [0.29, 0.717) is 18.2 Å². The van der Waals surface area contributed by atoms with Gasteiger partial charge in [0.1, 0.15) is 11.6 Å². The number of hydrogen-bond donors (Lipinski definition) is 0. The molecule has 6 heteroatoms. The van der Waals surface area contributed by atoms with E-state index in [4.69, 9.17) is 9.47 Å². The third-order valence-electron chi connectivity index (χ3n) is 6.05. The van der Waals surface area contributed by atoms with Crippen LogP contribution >= 0.6 is 0 Å². The van der Waals surface area contributed by atoms with Crippen molar-refractivity contribution in [2.45, 2.75) is 78.1 Å². The number of ether oxygens (including phenoxy) is 2. The van der Waals surface area contributed by atoms with Crippen molar-refractivity contribution in [1.29, 1.82) is 0 Å². The molecular weight excluding hydrogens is 455 g/mol. The lowest BCUT2D eigenvalue weighted by Gasteiger charge is -2.09. The standard InChI is InChI=1S/C30H37FN2O3/c1-3-5-7-9-10-12-23-13-15-24(16-14-23)29-32-21-26(22-33-29)36-30(34)27-18-17-25(20-28(27)31)35-19-11-8-6-4-2/h13-18,20-22H,3-12,19H2,1-2H3. The molecule has 3 rings (SSSR count). The van der Waals surface area contributed by atoms with Crippen LogP contribution in [-0.4, -0.2) is 22.5 Å². The molecule has 3 aromatic rings. The summed E-state index contributed by atoms with van der Waals surface area (Å²) in [6.07, 6.45) is 14.5. The molecule has 0 atom stereocenters. The topological polar surface area (TPSA) is 61.3 Å². The van der Waals surface area contributed by atoms with E-state index >= 15 is 0 Å². The van der Waals surface area contributed by atoms with Crippen LogP contribution in [0.1, 0.15) is 87.6 Å². The number of carbonyl (C=O) groups is 1. The second-order valence-electron chi connectivity index (χ2n) is 9.04. The van der Waals surface area contributed by atoms with E-state index in [1.807, 2.05) is 12.1 Å². The number of aromatic nitrogens is 2. The summed E-state index contributed by atoms with van der Waals surface area (Å²) in [5.41, 5.74) is 2.03. The van der Waals surface area contributed by atoms with Crippen LogP contribution in [0, 0.1) is 5.82 Å². The second-order valence-corrected chi connectivity index (χ2v) is 9.04. The summed E-state index contributed by atoms with van der Waals surface area (Å²) in [7, 11) is 0. The monoisotopic (exact) mass is 492 g/mol. The summed E-state index contributed by atoms with van der Waals surface area (Å²) >= 11 is 0. The molecule has 0 radical (unpaired) electrons. The van der Waals surface area contributed by atoms with Gasteiger partial charge in [-0.2, -0.15) is 0 Å². The fraction of sp³-hybridized carbons (Fsp3) is 0.433. The molecule has 1 aromatic heterocycles. The van der Waals surface area contributed by atoms with Crippen LogP contribution in [0.5, 0.6) is 11.5 Å². The normalized spacial score (nSPS) is 10.9. The molecule has 0 aliphatic rings. The van der Waals surface area contributed by atoms with Gasteiger partial charge in [-0.15, -0.1) is 0 Å². The molecule has 2 aromatic carbocycles. The van der Waals surface area contributed by atoms with Gasteiger partial charge in [0.05, 0.1) is 24.6 Å². The van der Waals surface area contributed by atoms with Crippen molar-refractivity contribution < 1.29 is 18.7 Å². The molecule has 0 fully saturated rings. The Bertz CT molecular complexity index is 1070. The molecule has 0 spiro atoms. The SMILES string of the molecule is CCCCCCCc1ccc(-c2ncc(OC(=O)c3ccc(OCCCCCC)cc3F)cn2)cc1. The van der Waals surface area contributed by atoms with Gasteiger partial charge in [0.2, 0.25) is 0 Å². The van der Waals surface area contributed by atoms with Gasteiger partial charge in [0.15, 0.2) is 11.6 Å². The highest BCUT2D eigenvalue weighted by molar-refractivity contribution is 5.91. The second kappa shape index (κ2) is 15.0. The first kappa shape index (κ1) is 27.3. The Morgan fingerprint density at radius 1 is 0.806 bits per heavy atom. The van der Waals surface area contributed by atoms with Gasteiger partial charge >= 0.3 is 5.97 Å². The molecule has 0 amide bonds. The molecular formula is C30H37FN2O3. The first-order valence-electron chi connectivity index (χ1n) is 13.2. The van der Waals surface area contributed by atoms with E-state index in [1.54, 1.807) is 6.07 Å². The Kier molecular flexibility index (Phi) is 11.4. The van der Waals surface area contributed by atoms with Gasteiger partial charge in [-0.05, 0) is 37.0 Å². The Hall–Kier alpha value is -3.28. The number of nitrogens with zero attached hydrogens (tertiary/aromatic N) is 2. The van der Waals surface area contributed by atoms with Gasteiger partial charge in [-0.1, -0.05) is 83.1 Å². The molecule has 36 heavy (non-hydrogen) atoms. The molecule has 0 N–H and O–H groups in total. The van der Waals surface area contributed by atoms with Crippen molar-refractivity contribution >= 4 is 5.97 Å². The van der Waals surface area contributed by atoms with Crippen molar-refractivity contribution in [3.05, 3.63) is 71.8 Å². The van der Waals surface area contributed by atoms with Gasteiger partial charge in [0, 0.05) is 11.6 Å². The Balaban J connectivity index is 1.51. The highest BCUT2D eigenvalue weighted by atomic mass is 19.1. The van der Waals surface area contributed by atoms with Crippen LogP contribution in [0.3, 0.4) is 0 Å². The first-order valence-corrected chi connectivity index (χ1v) is 13.2. The molecule has 0 unspecified atom stereocenters. The van der Waals surface area contributed by atoms with Gasteiger partial charge in [-0.3, -0.25) is 0 Å². The fourth-order valence-electron chi connectivity index (χ4n) is 3.90. The number of hydrogen-bond acceptors (Lipinski definition) is 5. The maximum Gasteiger partial charge on any atom is 0.346 e. The minimum Gasteiger partial charge on any atom is -0.493 e. The molecule has 0 bridgehead atoms. The van der Waals surface area contributed by atoms with Crippen LogP contribution in [0.15, 0.2) is 54.9 Å². The Labute approximate surface area is 214 Å². The maximum absolute atomic E-state index is 14.5. The van der Waals surface area contributed by atoms with Crippen LogP contribution in [0.25, 0.3) is 11.4 Å². The molecule has 0 aliphatic carbocycles. The van der Waals surface area contributed by atoms with Crippen molar-refractivity contribution in [1.82, 2.24) is 9.97 Å². The van der Waals surface area contributed by atoms with Crippen molar-refractivity contribution in [3.8, 4) is 22.9 Å². The van der Waals surface area contributed by atoms with Crippen LogP contribution < -0.4 is 9.47 Å². The third-order valence-corrected chi connectivity index (χ3v) is 6.05. The first-order chi connectivity index (χ1) is 17.6. The smallest absolute Gasteiger partial charge is 0.346 e. The molecule has 5 nitrogen and oxygen atoms in total. The lowest BCUT2D eigenvalue weighted by molar-refractivity contribution is 0.0728. The predicted molar refractivity (Wildman–Crippen MR) is 141 cm³/mol. The van der Waals surface area contributed by atoms with E-state index in [-0.39, 0.29) is 11.3 Å². The average molecular weight is 493 g/mol. The minimum atomic E-state index is -0.804. The lowest BCUT2D eigenvalue weighted by Crippen LogP contribution is -2.11. The summed E-state index contributed by atoms with van der Waals surface area (Å²) in [4.78, 5) is 21.1. The largest absolute Gasteiger partial charge is 0.493 e. The highest BCUT2D eigenvalue weighted by Gasteiger charge is 2.16. The van der Waals surface area contributed by atoms with E-state index in [2.05, 4.69) is 35.9 Å². The summed E-state index contributed by atoms with van der Waals surface area (Å²) < 4.78 is 25.3. The molecule has 0 saturated carbocycles. The third kappa shape index (κ3) is 8.74. The number of esters is 1. The predicted octanol–water partition coefficient (Wildman–Crippen LogP) is 7.97. The quantitative estimate of drug-likeness (QED) is 0.159. The fourth-order valence-corrected chi connectivity index (χ4v) is 3.90. The van der Waals surface area contributed by atoms with Crippen molar-refractivity contribution in [3.63, 3.8) is 0 Å². The van der Waals surface area contributed by atoms with Gasteiger partial charge in [-0.25, -0.2) is 19.2 Å². The van der Waals surface area contributed by atoms with Gasteiger partial charge < -0.3 is 9.47 Å². The zero-order valence-electron chi connectivity index (χ0n) is 21.5. The number of aryl methyl sites for hydroxylation is 1. The number of carbonyl (C=O) groups excluding carboxylic acids is 1. The number of benzene rings is 2. The number of rotatable bonds is 15. The van der Waals surface area contributed by atoms with E-state index in [0.717, 1.165) is 37.7 Å². The van der Waals surface area contributed by atoms with E-state index in [1.165, 1.54) is 62.2 Å². The van der Waals surface area contributed by atoms with Crippen molar-refractivity contribution in [2.75, 3.05) is 6.61 Å². The van der Waals surface area contributed by atoms with E-state index in [9.17, 15) is 9.18 Å². The van der Waals surface area contributed by atoms with Gasteiger partial charge in [0.25, 0.3) is 0 Å². The minimum absolute atomic E-state index is 0.156. The maximum atomic E-state index is 14.5. The van der Waals surface area contributed by atoms with Crippen molar-refractivity contribution in [2.24, 2.45) is 0 Å². The number of halogens is 1. The van der Waals surface area contributed by atoms with Crippen LogP contribution in [-0.2, 0) is 6.42 Å². The molecule has 0 saturated heterocycles. The average Bonchev–Trinajstić information content (AvgIpc) is 2.89. The lowest BCUT2D eigenvalue weighted by atomic mass is 10.0. The summed E-state index contributed by atoms with van der Waals surface area (Å²) in [6, 6.07) is 12.4. The molecule has 0 aliphatic heterocycles. The molecule has 1 heterocycles. The Morgan fingerprint density at radius 3 is 2.14 bits per heavy atom. The zero-order chi connectivity index (χ0) is 25.6. The summed E-state index contributed by atoms with van der Waals surface area (Å²) in [5, 5.41) is 0. The Morgan fingerprint density at radius 2 is 1.47 bits per heavy atom. The summed E-state index contributed by atoms with van der Waals surface area (Å²) in [5.74, 6) is -0.398. The van der Waals surface area contributed by atoms with Crippen LogP contribution in [0.4, 0.5) is 4.39 Å². The molecule has 192 valence electrons. The summed E-state index contributed by atoms with van der Waals surface area (Å²) in [6.45, 7) is 4.89.